The van der Waals surface area contributed by atoms with Crippen LogP contribution in [-0.2, 0) is 6.42 Å². The second-order valence-electron chi connectivity index (χ2n) is 4.52. The standard InChI is InChI=1S/C16H21NO2S/c1-4-17-14(16-10-13(18-2)11-20-16)9-12-7-5-6-8-15(12)19-3/h5-8,10-11,14,17H,4,9H2,1-3H3. The number of methoxy groups -OCH3 is 2. The van der Waals surface area contributed by atoms with Gasteiger partial charge in [0.2, 0.25) is 0 Å². The number of para-hydroxylation sites is 1. The molecule has 0 fully saturated rings. The molecule has 0 aliphatic heterocycles. The number of hydrogen-bond acceptors (Lipinski definition) is 4. The summed E-state index contributed by atoms with van der Waals surface area (Å²) < 4.78 is 10.7. The number of ether oxygens (including phenoxy) is 2. The second kappa shape index (κ2) is 7.31. The first kappa shape index (κ1) is 14.9. The number of rotatable bonds is 7. The van der Waals surface area contributed by atoms with Crippen molar-refractivity contribution in [2.45, 2.75) is 19.4 Å². The predicted octanol–water partition coefficient (Wildman–Crippen LogP) is 3.66. The first-order chi connectivity index (χ1) is 9.78. The Morgan fingerprint density at radius 2 is 2.00 bits per heavy atom. The lowest BCUT2D eigenvalue weighted by molar-refractivity contribution is 0.405. The van der Waals surface area contributed by atoms with Crippen LogP contribution in [0.4, 0.5) is 0 Å². The summed E-state index contributed by atoms with van der Waals surface area (Å²) in [4.78, 5) is 1.29. The molecule has 1 heterocycles. The Balaban J connectivity index is 2.20. The number of nitrogens with one attached hydrogen (secondary N) is 1. The van der Waals surface area contributed by atoms with Crippen LogP contribution >= 0.6 is 11.3 Å². The topological polar surface area (TPSA) is 30.5 Å². The maximum Gasteiger partial charge on any atom is 0.129 e. The van der Waals surface area contributed by atoms with Crippen LogP contribution in [0.25, 0.3) is 0 Å². The predicted molar refractivity (Wildman–Crippen MR) is 84.0 cm³/mol. The van der Waals surface area contributed by atoms with Gasteiger partial charge >= 0.3 is 0 Å². The van der Waals surface area contributed by atoms with E-state index in [1.165, 1.54) is 10.4 Å². The Morgan fingerprint density at radius 3 is 2.65 bits per heavy atom. The van der Waals surface area contributed by atoms with E-state index < -0.39 is 0 Å². The lowest BCUT2D eigenvalue weighted by atomic mass is 10.0. The van der Waals surface area contributed by atoms with E-state index in [0.29, 0.717) is 0 Å². The van der Waals surface area contributed by atoms with Crippen molar-refractivity contribution in [1.29, 1.82) is 0 Å². The van der Waals surface area contributed by atoms with E-state index in [1.807, 2.05) is 17.5 Å². The molecule has 0 radical (unpaired) electrons. The fourth-order valence-electron chi connectivity index (χ4n) is 2.24. The molecular formula is C16H21NO2S. The van der Waals surface area contributed by atoms with Gasteiger partial charge in [0.05, 0.1) is 14.2 Å². The number of benzene rings is 1. The lowest BCUT2D eigenvalue weighted by Crippen LogP contribution is -2.22. The van der Waals surface area contributed by atoms with Crippen molar-refractivity contribution in [1.82, 2.24) is 5.32 Å². The summed E-state index contributed by atoms with van der Waals surface area (Å²) in [6, 6.07) is 10.6. The maximum atomic E-state index is 5.44. The van der Waals surface area contributed by atoms with Crippen molar-refractivity contribution in [3.63, 3.8) is 0 Å². The molecule has 1 aromatic carbocycles. The van der Waals surface area contributed by atoms with E-state index in [9.17, 15) is 0 Å². The molecular weight excluding hydrogens is 270 g/mol. The fraction of sp³-hybridized carbons (Fsp3) is 0.375. The molecule has 0 spiro atoms. The van der Waals surface area contributed by atoms with E-state index in [2.05, 4.69) is 30.4 Å². The third kappa shape index (κ3) is 3.52. The molecule has 1 aromatic heterocycles. The summed E-state index contributed by atoms with van der Waals surface area (Å²) in [5, 5.41) is 5.58. The summed E-state index contributed by atoms with van der Waals surface area (Å²) in [5.74, 6) is 1.87. The molecule has 0 aliphatic rings. The van der Waals surface area contributed by atoms with E-state index in [-0.39, 0.29) is 6.04 Å². The summed E-state index contributed by atoms with van der Waals surface area (Å²) in [7, 11) is 3.42. The van der Waals surface area contributed by atoms with E-state index in [1.54, 1.807) is 25.6 Å². The van der Waals surface area contributed by atoms with Crippen LogP contribution in [0, 0.1) is 0 Å². The van der Waals surface area contributed by atoms with Crippen LogP contribution < -0.4 is 14.8 Å². The first-order valence-corrected chi connectivity index (χ1v) is 7.64. The molecule has 0 aliphatic carbocycles. The van der Waals surface area contributed by atoms with Crippen LogP contribution in [0.2, 0.25) is 0 Å². The molecule has 0 bridgehead atoms. The smallest absolute Gasteiger partial charge is 0.129 e. The van der Waals surface area contributed by atoms with Crippen molar-refractivity contribution < 1.29 is 9.47 Å². The quantitative estimate of drug-likeness (QED) is 0.844. The van der Waals surface area contributed by atoms with Crippen LogP contribution in [0.3, 0.4) is 0 Å². The van der Waals surface area contributed by atoms with Crippen molar-refractivity contribution in [2.24, 2.45) is 0 Å². The summed E-state index contributed by atoms with van der Waals surface area (Å²) >= 11 is 1.73. The van der Waals surface area contributed by atoms with Crippen LogP contribution in [0.15, 0.2) is 35.7 Å². The summed E-state index contributed by atoms with van der Waals surface area (Å²) in [5.41, 5.74) is 1.22. The molecule has 20 heavy (non-hydrogen) atoms. The number of thiophene rings is 1. The van der Waals surface area contributed by atoms with Gasteiger partial charge in [-0.25, -0.2) is 0 Å². The molecule has 1 atom stereocenters. The molecule has 108 valence electrons. The molecule has 0 amide bonds. The Kier molecular flexibility index (Phi) is 5.44. The minimum absolute atomic E-state index is 0.283. The third-order valence-electron chi connectivity index (χ3n) is 3.24. The van der Waals surface area contributed by atoms with Crippen LogP contribution in [0.5, 0.6) is 11.5 Å². The van der Waals surface area contributed by atoms with E-state index in [0.717, 1.165) is 24.5 Å². The zero-order valence-electron chi connectivity index (χ0n) is 12.2. The van der Waals surface area contributed by atoms with Gasteiger partial charge < -0.3 is 14.8 Å². The highest BCUT2D eigenvalue weighted by molar-refractivity contribution is 7.10. The molecule has 0 saturated heterocycles. The van der Waals surface area contributed by atoms with Gasteiger partial charge in [-0.15, -0.1) is 11.3 Å². The number of hydrogen-bond donors (Lipinski definition) is 1. The molecule has 1 unspecified atom stereocenters. The minimum Gasteiger partial charge on any atom is -0.496 e. The van der Waals surface area contributed by atoms with Gasteiger partial charge in [-0.2, -0.15) is 0 Å². The van der Waals surface area contributed by atoms with Gasteiger partial charge in [-0.1, -0.05) is 25.1 Å². The first-order valence-electron chi connectivity index (χ1n) is 6.76. The molecule has 2 aromatic rings. The molecule has 0 saturated carbocycles. The van der Waals surface area contributed by atoms with Gasteiger partial charge in [-0.3, -0.25) is 0 Å². The van der Waals surface area contributed by atoms with Gasteiger partial charge in [0, 0.05) is 16.3 Å². The Bertz CT molecular complexity index is 539. The highest BCUT2D eigenvalue weighted by atomic mass is 32.1. The maximum absolute atomic E-state index is 5.44. The second-order valence-corrected chi connectivity index (χ2v) is 5.46. The van der Waals surface area contributed by atoms with Gasteiger partial charge in [-0.05, 0) is 30.7 Å². The molecule has 3 nitrogen and oxygen atoms in total. The highest BCUT2D eigenvalue weighted by Gasteiger charge is 2.16. The van der Waals surface area contributed by atoms with E-state index in [4.69, 9.17) is 9.47 Å². The SMILES string of the molecule is CCNC(Cc1ccccc1OC)c1cc(OC)cs1. The van der Waals surface area contributed by atoms with Crippen LogP contribution in [-0.4, -0.2) is 20.8 Å². The largest absolute Gasteiger partial charge is 0.496 e. The average Bonchev–Trinajstić information content (AvgIpc) is 2.96. The zero-order valence-corrected chi connectivity index (χ0v) is 13.0. The van der Waals surface area contributed by atoms with Gasteiger partial charge in [0.25, 0.3) is 0 Å². The Labute approximate surface area is 124 Å². The van der Waals surface area contributed by atoms with Gasteiger partial charge in [0.1, 0.15) is 11.5 Å². The Morgan fingerprint density at radius 1 is 1.20 bits per heavy atom. The zero-order chi connectivity index (χ0) is 14.4. The van der Waals surface area contributed by atoms with Crippen molar-refractivity contribution in [3.05, 3.63) is 46.2 Å². The third-order valence-corrected chi connectivity index (χ3v) is 4.27. The van der Waals surface area contributed by atoms with Crippen molar-refractivity contribution in [3.8, 4) is 11.5 Å². The molecule has 4 heteroatoms. The number of likely N-dealkylation sites (N-methyl/N-ethyl adjacent to an activating group) is 1. The van der Waals surface area contributed by atoms with Crippen LogP contribution in [0.1, 0.15) is 23.4 Å². The Hall–Kier alpha value is -1.52. The molecule has 2 rings (SSSR count). The summed E-state index contributed by atoms with van der Waals surface area (Å²) in [6.07, 6.45) is 0.904. The van der Waals surface area contributed by atoms with Gasteiger partial charge in [0.15, 0.2) is 0 Å². The lowest BCUT2D eigenvalue weighted by Gasteiger charge is -2.18. The monoisotopic (exact) mass is 291 g/mol. The summed E-state index contributed by atoms with van der Waals surface area (Å²) in [6.45, 7) is 3.06. The van der Waals surface area contributed by atoms with Crippen molar-refractivity contribution >= 4 is 11.3 Å². The van der Waals surface area contributed by atoms with Crippen molar-refractivity contribution in [2.75, 3.05) is 20.8 Å². The fourth-order valence-corrected chi connectivity index (χ4v) is 3.17. The normalized spacial score (nSPS) is 12.2. The minimum atomic E-state index is 0.283. The van der Waals surface area contributed by atoms with E-state index >= 15 is 0 Å². The molecule has 1 N–H and O–H groups in total. The average molecular weight is 291 g/mol. The highest BCUT2D eigenvalue weighted by Crippen LogP contribution is 2.31.